The van der Waals surface area contributed by atoms with Crippen LogP contribution in [0.2, 0.25) is 0 Å². The van der Waals surface area contributed by atoms with Crippen LogP contribution in [0.15, 0.2) is 212 Å². The zero-order valence-corrected chi connectivity index (χ0v) is 59.2. The molecule has 8 aromatic carbocycles. The van der Waals surface area contributed by atoms with Gasteiger partial charge in [0.15, 0.2) is 0 Å². The summed E-state index contributed by atoms with van der Waals surface area (Å²) in [6.07, 6.45) is 0. The summed E-state index contributed by atoms with van der Waals surface area (Å²) >= 11 is 0. The molecule has 0 fully saturated rings. The highest BCUT2D eigenvalue weighted by Gasteiger charge is 2.18. The van der Waals surface area contributed by atoms with Crippen molar-refractivity contribution in [3.8, 4) is 55.6 Å². The van der Waals surface area contributed by atoms with Crippen molar-refractivity contribution >= 4 is 17.1 Å². The molecule has 81 heavy (non-hydrogen) atoms. The van der Waals surface area contributed by atoms with Crippen molar-refractivity contribution in [2.75, 3.05) is 4.90 Å². The van der Waals surface area contributed by atoms with Gasteiger partial charge in [-0.05, 0) is 111 Å². The maximum Gasteiger partial charge on any atom is 0.0540 e. The Bertz CT molecular complexity index is 2200. The summed E-state index contributed by atoms with van der Waals surface area (Å²) < 4.78 is 0. The Morgan fingerprint density at radius 1 is 0.160 bits per heavy atom. The van der Waals surface area contributed by atoms with Crippen molar-refractivity contribution in [3.63, 3.8) is 0 Å². The Labute approximate surface area is 508 Å². The first-order chi connectivity index (χ1) is 40.3. The number of rotatable bonds is 8. The zero-order chi connectivity index (χ0) is 64.8. The summed E-state index contributed by atoms with van der Waals surface area (Å²) in [6.45, 7) is 64.0. The maximum atomic E-state index is 2.35. The summed E-state index contributed by atoms with van der Waals surface area (Å²) in [5, 5.41) is 0. The van der Waals surface area contributed by atoms with Gasteiger partial charge in [0.25, 0.3) is 0 Å². The molecule has 0 aliphatic carbocycles. The standard InChI is InChI=1S/C48H35N.16C2H6/c1-6-17-36(18-7-1)42-32-43(37-19-8-2-9-20-37)34-44(33-42)40-24-16-23-39(31-40)41-29-30-48(47(35-41)38-21-10-3-11-22-38)49(45-25-12-4-13-26-45)46-27-14-5-15-28-46;16*1-2/h1-35H;16*1-2H3. The second kappa shape index (κ2) is 77.8. The molecule has 456 valence electrons. The fourth-order valence-corrected chi connectivity index (χ4v) is 6.61. The van der Waals surface area contributed by atoms with Crippen LogP contribution < -0.4 is 4.90 Å². The van der Waals surface area contributed by atoms with E-state index < -0.39 is 0 Å². The molecule has 0 aromatic heterocycles. The molecule has 8 rings (SSSR count). The molecular formula is C80H131N. The van der Waals surface area contributed by atoms with E-state index in [1.165, 1.54) is 55.6 Å². The van der Waals surface area contributed by atoms with Crippen molar-refractivity contribution in [2.24, 2.45) is 0 Å². The minimum Gasteiger partial charge on any atom is -0.310 e. The van der Waals surface area contributed by atoms with Crippen LogP contribution in [0, 0.1) is 0 Å². The molecule has 0 radical (unpaired) electrons. The molecule has 0 spiro atoms. The van der Waals surface area contributed by atoms with Gasteiger partial charge in [0, 0.05) is 16.9 Å². The van der Waals surface area contributed by atoms with Gasteiger partial charge in [-0.3, -0.25) is 0 Å². The lowest BCUT2D eigenvalue weighted by Gasteiger charge is -2.28. The van der Waals surface area contributed by atoms with Crippen LogP contribution in [0.4, 0.5) is 17.1 Å². The Morgan fingerprint density at radius 2 is 0.370 bits per heavy atom. The van der Waals surface area contributed by atoms with E-state index in [0.29, 0.717) is 0 Å². The Balaban J connectivity index is -0.000000201. The number of nitrogens with zero attached hydrogens (tertiary/aromatic N) is 1. The molecule has 1 nitrogen and oxygen atoms in total. The second-order valence-corrected chi connectivity index (χ2v) is 12.2. The van der Waals surface area contributed by atoms with E-state index in [2.05, 4.69) is 217 Å². The van der Waals surface area contributed by atoms with Gasteiger partial charge in [0.2, 0.25) is 0 Å². The van der Waals surface area contributed by atoms with Gasteiger partial charge in [-0.15, -0.1) is 0 Å². The third-order valence-corrected chi connectivity index (χ3v) is 9.03. The number of para-hydroxylation sites is 2. The maximum absolute atomic E-state index is 2.35. The van der Waals surface area contributed by atoms with Crippen LogP contribution in [0.1, 0.15) is 222 Å². The highest BCUT2D eigenvalue weighted by atomic mass is 15.1. The highest BCUT2D eigenvalue weighted by Crippen LogP contribution is 2.43. The van der Waals surface area contributed by atoms with Crippen LogP contribution in [-0.4, -0.2) is 0 Å². The second-order valence-electron chi connectivity index (χ2n) is 12.2. The Kier molecular flexibility index (Phi) is 90.1. The third kappa shape index (κ3) is 37.3. The fourth-order valence-electron chi connectivity index (χ4n) is 6.61. The lowest BCUT2D eigenvalue weighted by molar-refractivity contribution is 1.28. The van der Waals surface area contributed by atoms with E-state index in [0.717, 1.165) is 17.1 Å². The molecule has 0 amide bonds. The summed E-state index contributed by atoms with van der Waals surface area (Å²) in [6, 6.07) is 76.0. The molecular weight excluding hydrogens is 975 g/mol. The minimum atomic E-state index is 1.12. The molecule has 0 aliphatic rings. The molecule has 0 atom stereocenters. The van der Waals surface area contributed by atoms with E-state index in [1.807, 2.05) is 222 Å². The SMILES string of the molecule is CC.CC.CC.CC.CC.CC.CC.CC.CC.CC.CC.CC.CC.CC.CC.CC.c1ccc(-c2cc(-c3ccccc3)cc(-c3cccc(-c4ccc(N(c5ccccc5)c5ccccc5)c(-c5ccccc5)c4)c3)c2)cc1. The topological polar surface area (TPSA) is 3.24 Å². The third-order valence-electron chi connectivity index (χ3n) is 9.03. The van der Waals surface area contributed by atoms with Crippen LogP contribution in [-0.2, 0) is 0 Å². The van der Waals surface area contributed by atoms with Crippen molar-refractivity contribution in [2.45, 2.75) is 222 Å². The molecule has 0 aliphatic heterocycles. The average Bonchev–Trinajstić information content (AvgIpc) is 3.64. The summed E-state index contributed by atoms with van der Waals surface area (Å²) in [5.41, 5.74) is 15.3. The highest BCUT2D eigenvalue weighted by molar-refractivity contribution is 5.91. The van der Waals surface area contributed by atoms with Crippen LogP contribution in [0.3, 0.4) is 0 Å². The van der Waals surface area contributed by atoms with Gasteiger partial charge in [-0.2, -0.15) is 0 Å². The predicted molar refractivity (Wildman–Crippen MR) is 390 cm³/mol. The van der Waals surface area contributed by atoms with Gasteiger partial charge in [-0.1, -0.05) is 373 Å². The quantitative estimate of drug-likeness (QED) is 0.147. The first kappa shape index (κ1) is 93.9. The lowest BCUT2D eigenvalue weighted by atomic mass is 9.91. The van der Waals surface area contributed by atoms with E-state index in [1.54, 1.807) is 0 Å². The summed E-state index contributed by atoms with van der Waals surface area (Å²) in [7, 11) is 0. The molecule has 8 aromatic rings. The van der Waals surface area contributed by atoms with E-state index in [-0.39, 0.29) is 0 Å². The average molecular weight is 1110 g/mol. The largest absolute Gasteiger partial charge is 0.310 e. The molecule has 0 saturated heterocycles. The normalized spacial score (nSPS) is 7.75. The van der Waals surface area contributed by atoms with Gasteiger partial charge >= 0.3 is 0 Å². The minimum absolute atomic E-state index is 1.12. The molecule has 0 unspecified atom stereocenters. The Morgan fingerprint density at radius 3 is 0.667 bits per heavy atom. The summed E-state index contributed by atoms with van der Waals surface area (Å²) in [4.78, 5) is 2.35. The first-order valence-electron chi connectivity index (χ1n) is 32.8. The summed E-state index contributed by atoms with van der Waals surface area (Å²) in [5.74, 6) is 0. The molecule has 0 saturated carbocycles. The van der Waals surface area contributed by atoms with Gasteiger partial charge in [0.05, 0.1) is 5.69 Å². The zero-order valence-electron chi connectivity index (χ0n) is 59.2. The van der Waals surface area contributed by atoms with Crippen molar-refractivity contribution in [1.82, 2.24) is 0 Å². The predicted octanol–water partition coefficient (Wildman–Crippen LogP) is 29.9. The number of anilines is 3. The van der Waals surface area contributed by atoms with Gasteiger partial charge < -0.3 is 4.90 Å². The lowest BCUT2D eigenvalue weighted by Crippen LogP contribution is -2.11. The van der Waals surface area contributed by atoms with E-state index >= 15 is 0 Å². The molecule has 0 N–H and O–H groups in total. The smallest absolute Gasteiger partial charge is 0.0540 e. The molecule has 0 heterocycles. The number of hydrogen-bond donors (Lipinski definition) is 0. The van der Waals surface area contributed by atoms with Crippen molar-refractivity contribution in [1.29, 1.82) is 0 Å². The number of hydrogen-bond acceptors (Lipinski definition) is 1. The molecule has 0 bridgehead atoms. The molecule has 1 heteroatoms. The monoisotopic (exact) mass is 1110 g/mol. The van der Waals surface area contributed by atoms with Crippen molar-refractivity contribution in [3.05, 3.63) is 212 Å². The van der Waals surface area contributed by atoms with Gasteiger partial charge in [-0.25, -0.2) is 0 Å². The van der Waals surface area contributed by atoms with Crippen LogP contribution in [0.25, 0.3) is 55.6 Å². The van der Waals surface area contributed by atoms with Gasteiger partial charge in [0.1, 0.15) is 0 Å². The van der Waals surface area contributed by atoms with E-state index in [4.69, 9.17) is 0 Å². The van der Waals surface area contributed by atoms with Crippen LogP contribution >= 0.6 is 0 Å². The van der Waals surface area contributed by atoms with Crippen molar-refractivity contribution < 1.29 is 0 Å². The first-order valence-corrected chi connectivity index (χ1v) is 32.8. The fraction of sp³-hybridized carbons (Fsp3) is 0.400. The van der Waals surface area contributed by atoms with Crippen LogP contribution in [0.5, 0.6) is 0 Å². The number of benzene rings is 8. The van der Waals surface area contributed by atoms with E-state index in [9.17, 15) is 0 Å². The Hall–Kier alpha value is -6.44.